The van der Waals surface area contributed by atoms with Crippen LogP contribution in [0, 0.1) is 11.3 Å². The largest absolute Gasteiger partial charge is 0.445 e. The minimum atomic E-state index is -1.06. The number of Topliss-reactive ketones (excluding diaryl/α,β-unsaturated/α-hetero) is 1. The molecule has 1 aromatic rings. The molecule has 0 fully saturated rings. The molecule has 0 heterocycles. The summed E-state index contributed by atoms with van der Waals surface area (Å²) < 4.78 is 37.4. The third-order valence-electron chi connectivity index (χ3n) is 9.00. The molecule has 2 atom stereocenters. The monoisotopic (exact) mass is 955 g/mol. The third kappa shape index (κ3) is 31.2. The number of carbonyl (C=O) groups excluding carboxylic acids is 8. The van der Waals surface area contributed by atoms with Gasteiger partial charge in [-0.2, -0.15) is 0 Å². The molecule has 9 N–H and O–H groups in total. The van der Waals surface area contributed by atoms with Gasteiger partial charge in [-0.1, -0.05) is 46.8 Å². The highest BCUT2D eigenvalue weighted by atomic mass is 16.6. The number of hydrogen-bond acceptors (Lipinski definition) is 15. The van der Waals surface area contributed by atoms with Gasteiger partial charge in [0.05, 0.1) is 59.0 Å². The van der Waals surface area contributed by atoms with Crippen LogP contribution in [0.4, 0.5) is 15.3 Å². The van der Waals surface area contributed by atoms with E-state index < -0.39 is 53.3 Å². The summed E-state index contributed by atoms with van der Waals surface area (Å²) in [5.41, 5.74) is 5.54. The second kappa shape index (κ2) is 34.8. The van der Waals surface area contributed by atoms with Gasteiger partial charge in [-0.3, -0.25) is 28.8 Å². The maximum absolute atomic E-state index is 13.5. The molecule has 1 rings (SSSR count). The number of primary amides is 1. The van der Waals surface area contributed by atoms with Crippen molar-refractivity contribution < 1.29 is 71.5 Å². The third-order valence-corrected chi connectivity index (χ3v) is 9.00. The van der Waals surface area contributed by atoms with E-state index >= 15 is 0 Å². The lowest BCUT2D eigenvalue weighted by molar-refractivity contribution is -0.133. The van der Waals surface area contributed by atoms with Crippen LogP contribution in [0.25, 0.3) is 0 Å². The van der Waals surface area contributed by atoms with E-state index in [1.54, 1.807) is 58.9 Å². The van der Waals surface area contributed by atoms with Crippen molar-refractivity contribution in [3.05, 3.63) is 29.8 Å². The Hall–Kier alpha value is -5.46. The summed E-state index contributed by atoms with van der Waals surface area (Å²) in [5, 5.41) is 18.1. The summed E-state index contributed by atoms with van der Waals surface area (Å²) >= 11 is 0. The Labute approximate surface area is 393 Å². The highest BCUT2D eigenvalue weighted by molar-refractivity contribution is 5.98. The Morgan fingerprint density at radius 2 is 1.25 bits per heavy atom. The Balaban J connectivity index is 2.47. The van der Waals surface area contributed by atoms with Crippen LogP contribution in [0.2, 0.25) is 0 Å². The number of nitrogens with one attached hydrogen (secondary N) is 7. The zero-order chi connectivity index (χ0) is 50.0. The lowest BCUT2D eigenvalue weighted by Crippen LogP contribution is -2.54. The van der Waals surface area contributed by atoms with E-state index in [2.05, 4.69) is 37.2 Å². The van der Waals surface area contributed by atoms with E-state index in [0.29, 0.717) is 50.8 Å². The van der Waals surface area contributed by atoms with Gasteiger partial charge >= 0.3 is 12.1 Å². The van der Waals surface area contributed by atoms with Crippen molar-refractivity contribution in [3.63, 3.8) is 0 Å². The summed E-state index contributed by atoms with van der Waals surface area (Å²) in [6.45, 7) is 14.5. The Kier molecular flexibility index (Phi) is 30.9. The molecule has 0 saturated carbocycles. The molecular weight excluding hydrogens is 881 g/mol. The average molecular weight is 955 g/mol. The smallest absolute Gasteiger partial charge is 0.407 e. The summed E-state index contributed by atoms with van der Waals surface area (Å²) in [7, 11) is 0. The van der Waals surface area contributed by atoms with Crippen LogP contribution in [0.1, 0.15) is 73.3 Å². The number of ether oxygens (including phenoxy) is 7. The molecule has 0 saturated heterocycles. The molecule has 23 nitrogen and oxygen atoms in total. The van der Waals surface area contributed by atoms with Crippen molar-refractivity contribution in [3.8, 4) is 0 Å². The predicted molar refractivity (Wildman–Crippen MR) is 244 cm³/mol. The number of benzene rings is 1. The van der Waals surface area contributed by atoms with Crippen molar-refractivity contribution in [2.75, 3.05) is 97.8 Å². The van der Waals surface area contributed by atoms with Gasteiger partial charge in [0.25, 0.3) is 0 Å². The van der Waals surface area contributed by atoms with Gasteiger partial charge in [0.2, 0.25) is 29.5 Å². The molecule has 380 valence electrons. The van der Waals surface area contributed by atoms with Gasteiger partial charge in [0, 0.05) is 30.6 Å². The molecule has 0 aliphatic rings. The first kappa shape index (κ1) is 59.6. The van der Waals surface area contributed by atoms with E-state index in [1.165, 1.54) is 0 Å². The highest BCUT2D eigenvalue weighted by Gasteiger charge is 2.29. The van der Waals surface area contributed by atoms with E-state index in [-0.39, 0.29) is 102 Å². The van der Waals surface area contributed by atoms with Crippen LogP contribution >= 0.6 is 0 Å². The highest BCUT2D eigenvalue weighted by Crippen LogP contribution is 2.15. The lowest BCUT2D eigenvalue weighted by atomic mass is 9.91. The van der Waals surface area contributed by atoms with Gasteiger partial charge in [-0.15, -0.1) is 0 Å². The van der Waals surface area contributed by atoms with Crippen LogP contribution in [-0.4, -0.2) is 158 Å². The van der Waals surface area contributed by atoms with Crippen LogP contribution in [0.5, 0.6) is 0 Å². The Morgan fingerprint density at radius 3 is 1.84 bits per heavy atom. The zero-order valence-corrected chi connectivity index (χ0v) is 40.0. The maximum Gasteiger partial charge on any atom is 0.407 e. The number of nitrogens with two attached hydrogens (primary N) is 1. The van der Waals surface area contributed by atoms with Crippen LogP contribution in [-0.2, 0) is 68.5 Å². The topological polar surface area (TPSA) is 311 Å². The molecular formula is C44H74N8O15. The average Bonchev–Trinajstić information content (AvgIpc) is 3.26. The molecule has 0 aliphatic heterocycles. The molecule has 0 aromatic heterocycles. The van der Waals surface area contributed by atoms with Gasteiger partial charge in [-0.25, -0.2) is 9.59 Å². The van der Waals surface area contributed by atoms with Gasteiger partial charge in [0.1, 0.15) is 45.2 Å². The predicted octanol–water partition coefficient (Wildman–Crippen LogP) is 0.629. The van der Waals surface area contributed by atoms with Crippen molar-refractivity contribution in [1.82, 2.24) is 31.9 Å². The molecule has 0 unspecified atom stereocenters. The summed E-state index contributed by atoms with van der Waals surface area (Å²) in [4.78, 5) is 98.5. The first-order valence-corrected chi connectivity index (χ1v) is 22.3. The van der Waals surface area contributed by atoms with Crippen molar-refractivity contribution >= 4 is 53.1 Å². The van der Waals surface area contributed by atoms with Gasteiger partial charge in [0.15, 0.2) is 5.78 Å². The number of urea groups is 1. The van der Waals surface area contributed by atoms with Crippen molar-refractivity contribution in [1.29, 1.82) is 0 Å². The first-order chi connectivity index (χ1) is 31.8. The Bertz CT molecular complexity index is 1660. The number of rotatable bonds is 36. The SMILES string of the molecule is CC(C)OCC(=O)NCCOCCOCCOCCOCCC(=O)N[C@H](C(=O)N[C@@H](CCCNC(N)=O)C(=O)Nc1ccc(COC(=O)NCC(=O)NCOCC(=O)C(C)(C)C)cc1)C(C)C. The normalized spacial score (nSPS) is 12.1. The summed E-state index contributed by atoms with van der Waals surface area (Å²) in [6, 6.07) is 3.56. The summed E-state index contributed by atoms with van der Waals surface area (Å²) in [6.07, 6.45) is -0.492. The summed E-state index contributed by atoms with van der Waals surface area (Å²) in [5.74, 6) is -2.80. The van der Waals surface area contributed by atoms with Crippen LogP contribution in [0.15, 0.2) is 24.3 Å². The van der Waals surface area contributed by atoms with Crippen molar-refractivity contribution in [2.45, 2.75) is 92.5 Å². The van der Waals surface area contributed by atoms with Crippen molar-refractivity contribution in [2.24, 2.45) is 17.1 Å². The minimum Gasteiger partial charge on any atom is -0.445 e. The standard InChI is InChI=1S/C44H74N8O15/c1-30(2)39(52-36(54)14-17-61-19-21-63-23-24-64-22-20-62-18-16-46-38(56)28-66-31(3)4)41(58)51-34(9-8-15-47-42(45)59)40(57)50-33-12-10-32(11-13-33)26-67-43(60)48-25-37(55)49-29-65-27-35(53)44(5,6)7/h10-13,30-31,34,39H,8-9,14-29H2,1-7H3,(H,46,56)(H,48,60)(H,49,55)(H,50,57)(H,51,58)(H,52,54)(H3,45,47,59)/t34-,39-/m0/s1. The number of hydrogen-bond donors (Lipinski definition) is 8. The van der Waals surface area contributed by atoms with Crippen LogP contribution in [0.3, 0.4) is 0 Å². The van der Waals surface area contributed by atoms with E-state index in [1.807, 2.05) is 13.8 Å². The van der Waals surface area contributed by atoms with E-state index in [9.17, 15) is 38.4 Å². The lowest BCUT2D eigenvalue weighted by Gasteiger charge is -2.25. The Morgan fingerprint density at radius 1 is 0.642 bits per heavy atom. The van der Waals surface area contributed by atoms with Gasteiger partial charge < -0.3 is 76.1 Å². The van der Waals surface area contributed by atoms with Gasteiger partial charge in [-0.05, 0) is 50.3 Å². The van der Waals surface area contributed by atoms with Crippen LogP contribution < -0.4 is 43.0 Å². The first-order valence-electron chi connectivity index (χ1n) is 22.3. The minimum absolute atomic E-state index is 0.0121. The fourth-order valence-electron chi connectivity index (χ4n) is 5.13. The second-order valence-corrected chi connectivity index (χ2v) is 16.6. The molecule has 0 bridgehead atoms. The second-order valence-electron chi connectivity index (χ2n) is 16.6. The van der Waals surface area contributed by atoms with E-state index in [0.717, 1.165) is 0 Å². The molecule has 1 aromatic carbocycles. The number of ketones is 1. The fraction of sp³-hybridized carbons (Fsp3) is 0.682. The number of alkyl carbamates (subject to hydrolysis) is 1. The fourth-order valence-corrected chi connectivity index (χ4v) is 5.13. The molecule has 0 spiro atoms. The van der Waals surface area contributed by atoms with E-state index in [4.69, 9.17) is 38.9 Å². The number of anilines is 1. The maximum atomic E-state index is 13.5. The molecule has 0 radical (unpaired) electrons. The molecule has 8 amide bonds. The quantitative estimate of drug-likeness (QED) is 0.0338. The number of amides is 8. The number of carbonyl (C=O) groups is 8. The molecule has 0 aliphatic carbocycles. The molecule has 23 heteroatoms. The molecule has 67 heavy (non-hydrogen) atoms. The zero-order valence-electron chi connectivity index (χ0n) is 40.0.